The van der Waals surface area contributed by atoms with Crippen LogP contribution in [0, 0.1) is 28.4 Å². The van der Waals surface area contributed by atoms with Gasteiger partial charge in [0, 0.05) is 18.3 Å². The lowest BCUT2D eigenvalue weighted by atomic mass is 10.1. The summed E-state index contributed by atoms with van der Waals surface area (Å²) in [5, 5.41) is 26.7. The molecule has 0 aliphatic carbocycles. The molecule has 0 saturated carbocycles. The van der Waals surface area contributed by atoms with Crippen LogP contribution in [-0.2, 0) is 11.3 Å². The van der Waals surface area contributed by atoms with Crippen LogP contribution in [0.4, 0.5) is 11.4 Å². The first-order valence-corrected chi connectivity index (χ1v) is 6.46. The second kappa shape index (κ2) is 6.24. The van der Waals surface area contributed by atoms with E-state index in [9.17, 15) is 14.9 Å². The number of aryl methyl sites for hydroxylation is 1. The predicted molar refractivity (Wildman–Crippen MR) is 78.4 cm³/mol. The highest BCUT2D eigenvalue weighted by atomic mass is 35.5. The largest absolute Gasteiger partial charge is 0.323 e. The molecule has 9 heteroatoms. The van der Waals surface area contributed by atoms with Crippen molar-refractivity contribution in [1.29, 1.82) is 5.26 Å². The van der Waals surface area contributed by atoms with Gasteiger partial charge in [-0.3, -0.25) is 19.6 Å². The number of aromatic nitrogens is 2. The zero-order valence-corrected chi connectivity index (χ0v) is 12.2. The topological polar surface area (TPSA) is 114 Å². The smallest absolute Gasteiger partial charge is 0.270 e. The molecular weight excluding hydrogens is 310 g/mol. The van der Waals surface area contributed by atoms with E-state index in [0.717, 1.165) is 6.07 Å². The zero-order valence-electron chi connectivity index (χ0n) is 11.4. The minimum atomic E-state index is -0.610. The Bertz CT molecular complexity index is 774. The second-order valence-electron chi connectivity index (χ2n) is 4.41. The van der Waals surface area contributed by atoms with Gasteiger partial charge in [-0.05, 0) is 13.0 Å². The Kier molecular flexibility index (Phi) is 4.39. The molecule has 1 heterocycles. The first-order valence-electron chi connectivity index (χ1n) is 6.08. The second-order valence-corrected chi connectivity index (χ2v) is 4.81. The lowest BCUT2D eigenvalue weighted by molar-refractivity contribution is -0.384. The quantitative estimate of drug-likeness (QED) is 0.685. The van der Waals surface area contributed by atoms with Gasteiger partial charge < -0.3 is 5.32 Å². The van der Waals surface area contributed by atoms with Gasteiger partial charge in [-0.2, -0.15) is 10.4 Å². The van der Waals surface area contributed by atoms with Gasteiger partial charge in [0.2, 0.25) is 5.91 Å². The Balaban J connectivity index is 2.14. The van der Waals surface area contributed by atoms with E-state index in [-0.39, 0.29) is 23.5 Å². The monoisotopic (exact) mass is 319 g/mol. The van der Waals surface area contributed by atoms with E-state index < -0.39 is 10.8 Å². The molecule has 22 heavy (non-hydrogen) atoms. The van der Waals surface area contributed by atoms with Crippen molar-refractivity contribution in [2.24, 2.45) is 0 Å². The first-order chi connectivity index (χ1) is 10.4. The molecule has 0 bridgehead atoms. The van der Waals surface area contributed by atoms with Crippen LogP contribution in [0.3, 0.4) is 0 Å². The summed E-state index contributed by atoms with van der Waals surface area (Å²) in [7, 11) is 0. The van der Waals surface area contributed by atoms with Gasteiger partial charge in [-0.1, -0.05) is 11.6 Å². The maximum atomic E-state index is 11.9. The van der Waals surface area contributed by atoms with Crippen LogP contribution in [0.2, 0.25) is 5.02 Å². The number of amides is 1. The Morgan fingerprint density at radius 2 is 2.32 bits per heavy atom. The summed E-state index contributed by atoms with van der Waals surface area (Å²) < 4.78 is 1.37. The number of hydrogen-bond donors (Lipinski definition) is 1. The van der Waals surface area contributed by atoms with Gasteiger partial charge in [0.15, 0.2) is 0 Å². The molecule has 1 amide bonds. The van der Waals surface area contributed by atoms with E-state index in [1.165, 1.54) is 23.0 Å². The summed E-state index contributed by atoms with van der Waals surface area (Å²) in [6.07, 6.45) is 1.51. The predicted octanol–water partition coefficient (Wildman–Crippen LogP) is 2.26. The van der Waals surface area contributed by atoms with Crippen LogP contribution in [-0.4, -0.2) is 20.6 Å². The maximum Gasteiger partial charge on any atom is 0.270 e. The van der Waals surface area contributed by atoms with Crippen molar-refractivity contribution in [3.8, 4) is 6.07 Å². The number of nitro groups is 1. The van der Waals surface area contributed by atoms with Crippen LogP contribution in [0.5, 0.6) is 0 Å². The third-order valence-corrected chi connectivity index (χ3v) is 3.17. The Morgan fingerprint density at radius 1 is 1.59 bits per heavy atom. The summed E-state index contributed by atoms with van der Waals surface area (Å²) in [4.78, 5) is 22.0. The fourth-order valence-corrected chi connectivity index (χ4v) is 1.91. The minimum absolute atomic E-state index is 0.0113. The average Bonchev–Trinajstić information content (AvgIpc) is 2.77. The molecule has 112 valence electrons. The molecule has 2 aromatic rings. The molecule has 1 aromatic carbocycles. The highest BCUT2D eigenvalue weighted by molar-refractivity contribution is 6.31. The van der Waals surface area contributed by atoms with Crippen molar-refractivity contribution >= 4 is 28.9 Å². The first kappa shape index (κ1) is 15.5. The molecule has 0 radical (unpaired) electrons. The van der Waals surface area contributed by atoms with Crippen molar-refractivity contribution in [2.45, 2.75) is 13.5 Å². The number of nitro benzene ring substituents is 1. The molecule has 0 aliphatic rings. The lowest BCUT2D eigenvalue weighted by Crippen LogP contribution is -2.19. The van der Waals surface area contributed by atoms with Gasteiger partial charge in [-0.15, -0.1) is 0 Å². The van der Waals surface area contributed by atoms with Crippen LogP contribution in [0.25, 0.3) is 0 Å². The molecule has 0 atom stereocenters. The molecule has 2 rings (SSSR count). The minimum Gasteiger partial charge on any atom is -0.323 e. The molecular formula is C13H10ClN5O3. The Hall–Kier alpha value is -2.92. The highest BCUT2D eigenvalue weighted by Crippen LogP contribution is 2.21. The van der Waals surface area contributed by atoms with Gasteiger partial charge in [0.25, 0.3) is 5.69 Å². The van der Waals surface area contributed by atoms with Crippen molar-refractivity contribution in [2.75, 3.05) is 5.32 Å². The van der Waals surface area contributed by atoms with Crippen LogP contribution in [0.1, 0.15) is 11.3 Å². The van der Waals surface area contributed by atoms with E-state index in [0.29, 0.717) is 10.7 Å². The van der Waals surface area contributed by atoms with Gasteiger partial charge >= 0.3 is 0 Å². The Labute approximate surface area is 130 Å². The van der Waals surface area contributed by atoms with E-state index in [1.807, 2.05) is 6.07 Å². The number of anilines is 1. The molecule has 0 saturated heterocycles. The van der Waals surface area contributed by atoms with Crippen molar-refractivity contribution < 1.29 is 9.72 Å². The number of hydrogen-bond acceptors (Lipinski definition) is 5. The Morgan fingerprint density at radius 3 is 2.86 bits per heavy atom. The van der Waals surface area contributed by atoms with Gasteiger partial charge in [0.05, 0.1) is 26.9 Å². The van der Waals surface area contributed by atoms with E-state index >= 15 is 0 Å². The number of rotatable bonds is 4. The number of nitrogens with zero attached hydrogens (tertiary/aromatic N) is 4. The highest BCUT2D eigenvalue weighted by Gasteiger charge is 2.13. The van der Waals surface area contributed by atoms with Crippen molar-refractivity contribution in [3.05, 3.63) is 50.8 Å². The summed E-state index contributed by atoms with van der Waals surface area (Å²) >= 11 is 5.85. The molecule has 0 spiro atoms. The summed E-state index contributed by atoms with van der Waals surface area (Å²) in [6, 6.07) is 5.44. The molecule has 0 fully saturated rings. The van der Waals surface area contributed by atoms with Crippen molar-refractivity contribution in [1.82, 2.24) is 9.78 Å². The number of nitriles is 1. The fraction of sp³-hybridized carbons (Fsp3) is 0.154. The number of halogens is 1. The molecule has 0 aliphatic heterocycles. The van der Waals surface area contributed by atoms with Gasteiger partial charge in [-0.25, -0.2) is 0 Å². The SMILES string of the molecule is Cc1nn(CC(=O)Nc2ccc([N+](=O)[O-])cc2C#N)cc1Cl. The fourth-order valence-electron chi connectivity index (χ4n) is 1.76. The van der Waals surface area contributed by atoms with E-state index in [2.05, 4.69) is 10.4 Å². The van der Waals surface area contributed by atoms with Gasteiger partial charge in [0.1, 0.15) is 12.6 Å². The standard InChI is InChI=1S/C13H10ClN5O3/c1-8-11(14)6-18(17-8)7-13(20)16-12-3-2-10(19(21)22)4-9(12)5-15/h2-4,6H,7H2,1H3,(H,16,20). The number of non-ortho nitro benzene ring substituents is 1. The number of nitrogens with one attached hydrogen (secondary N) is 1. The maximum absolute atomic E-state index is 11.9. The zero-order chi connectivity index (χ0) is 16.3. The number of carbonyl (C=O) groups excluding carboxylic acids is 1. The van der Waals surface area contributed by atoms with E-state index in [1.54, 1.807) is 6.92 Å². The lowest BCUT2D eigenvalue weighted by Gasteiger charge is -2.07. The molecule has 1 N–H and O–H groups in total. The normalized spacial score (nSPS) is 10.0. The number of benzene rings is 1. The third-order valence-electron chi connectivity index (χ3n) is 2.80. The number of carbonyl (C=O) groups is 1. The summed E-state index contributed by atoms with van der Waals surface area (Å²) in [5.74, 6) is -0.426. The molecule has 8 nitrogen and oxygen atoms in total. The summed E-state index contributed by atoms with van der Waals surface area (Å²) in [6.45, 7) is 1.62. The van der Waals surface area contributed by atoms with Crippen LogP contribution < -0.4 is 5.32 Å². The third kappa shape index (κ3) is 3.39. The molecule has 1 aromatic heterocycles. The molecule has 0 unspecified atom stereocenters. The van der Waals surface area contributed by atoms with Crippen molar-refractivity contribution in [3.63, 3.8) is 0 Å². The van der Waals surface area contributed by atoms with Crippen LogP contribution >= 0.6 is 11.6 Å². The van der Waals surface area contributed by atoms with Crippen LogP contribution in [0.15, 0.2) is 24.4 Å². The van der Waals surface area contributed by atoms with E-state index in [4.69, 9.17) is 16.9 Å². The average molecular weight is 320 g/mol. The summed E-state index contributed by atoms with van der Waals surface area (Å²) in [5.41, 5.74) is 0.594.